The smallest absolute Gasteiger partial charge is 0.348 e. The van der Waals surface area contributed by atoms with Gasteiger partial charge in [0.15, 0.2) is 0 Å². The molecule has 3 heteroatoms. The molecule has 0 saturated carbocycles. The van der Waals surface area contributed by atoms with Gasteiger partial charge in [0.2, 0.25) is 0 Å². The predicted octanol–water partition coefficient (Wildman–Crippen LogP) is 2.83. The Hall–Kier alpha value is -1.30. The SMILES string of the molecule is CCCCOC(=O)/C(C#N)=C/C(C)(C)C. The van der Waals surface area contributed by atoms with Gasteiger partial charge in [0.25, 0.3) is 0 Å². The average Bonchev–Trinajstić information content (AvgIpc) is 2.13. The van der Waals surface area contributed by atoms with E-state index in [2.05, 4.69) is 0 Å². The molecular formula is C12H19NO2. The van der Waals surface area contributed by atoms with Gasteiger partial charge in [0.05, 0.1) is 6.61 Å². The molecule has 0 unspecified atom stereocenters. The van der Waals surface area contributed by atoms with Gasteiger partial charge in [-0.15, -0.1) is 0 Å². The monoisotopic (exact) mass is 209 g/mol. The fourth-order valence-corrected chi connectivity index (χ4v) is 0.957. The number of allylic oxidation sites excluding steroid dienone is 1. The quantitative estimate of drug-likeness (QED) is 0.309. The summed E-state index contributed by atoms with van der Waals surface area (Å²) < 4.78 is 4.95. The first-order valence-corrected chi connectivity index (χ1v) is 5.20. The van der Waals surface area contributed by atoms with Crippen molar-refractivity contribution >= 4 is 5.97 Å². The number of rotatable bonds is 4. The second-order valence-corrected chi connectivity index (χ2v) is 4.53. The highest BCUT2D eigenvalue weighted by Gasteiger charge is 2.15. The van der Waals surface area contributed by atoms with E-state index in [0.717, 1.165) is 12.8 Å². The van der Waals surface area contributed by atoms with Crippen LogP contribution in [0.25, 0.3) is 0 Å². The van der Waals surface area contributed by atoms with Crippen molar-refractivity contribution in [3.63, 3.8) is 0 Å². The highest BCUT2D eigenvalue weighted by atomic mass is 16.5. The lowest BCUT2D eigenvalue weighted by molar-refractivity contribution is -0.138. The summed E-state index contributed by atoms with van der Waals surface area (Å²) in [7, 11) is 0. The van der Waals surface area contributed by atoms with Gasteiger partial charge in [0.1, 0.15) is 11.6 Å². The van der Waals surface area contributed by atoms with E-state index < -0.39 is 5.97 Å². The molecule has 0 aliphatic rings. The average molecular weight is 209 g/mol. The Labute approximate surface area is 91.7 Å². The van der Waals surface area contributed by atoms with Crippen molar-refractivity contribution < 1.29 is 9.53 Å². The zero-order valence-corrected chi connectivity index (χ0v) is 9.96. The van der Waals surface area contributed by atoms with E-state index in [9.17, 15) is 4.79 Å². The van der Waals surface area contributed by atoms with Crippen LogP contribution >= 0.6 is 0 Å². The molecule has 0 aromatic rings. The van der Waals surface area contributed by atoms with E-state index in [1.54, 1.807) is 6.08 Å². The summed E-state index contributed by atoms with van der Waals surface area (Å²) in [4.78, 5) is 11.4. The van der Waals surface area contributed by atoms with Gasteiger partial charge < -0.3 is 4.74 Å². The van der Waals surface area contributed by atoms with Gasteiger partial charge >= 0.3 is 5.97 Å². The third-order valence-corrected chi connectivity index (χ3v) is 1.65. The fraction of sp³-hybridized carbons (Fsp3) is 0.667. The summed E-state index contributed by atoms with van der Waals surface area (Å²) in [5, 5.41) is 8.80. The van der Waals surface area contributed by atoms with Gasteiger partial charge in [-0.3, -0.25) is 0 Å². The molecule has 0 saturated heterocycles. The molecule has 0 bridgehead atoms. The van der Waals surface area contributed by atoms with Crippen LogP contribution in [-0.2, 0) is 9.53 Å². The van der Waals surface area contributed by atoms with Crippen LogP contribution in [-0.4, -0.2) is 12.6 Å². The van der Waals surface area contributed by atoms with E-state index in [4.69, 9.17) is 10.00 Å². The Morgan fingerprint density at radius 2 is 2.07 bits per heavy atom. The Kier molecular flexibility index (Phi) is 5.69. The van der Waals surface area contributed by atoms with Crippen molar-refractivity contribution in [3.05, 3.63) is 11.6 Å². The number of carbonyl (C=O) groups is 1. The summed E-state index contributed by atoms with van der Waals surface area (Å²) >= 11 is 0. The number of hydrogen-bond acceptors (Lipinski definition) is 3. The van der Waals surface area contributed by atoms with Crippen molar-refractivity contribution in [3.8, 4) is 6.07 Å². The molecule has 0 amide bonds. The Morgan fingerprint density at radius 3 is 2.47 bits per heavy atom. The summed E-state index contributed by atoms with van der Waals surface area (Å²) in [5.41, 5.74) is -0.0897. The van der Waals surface area contributed by atoms with Crippen LogP contribution in [0.3, 0.4) is 0 Å². The van der Waals surface area contributed by atoms with Crippen molar-refractivity contribution in [2.24, 2.45) is 5.41 Å². The van der Waals surface area contributed by atoms with Crippen LogP contribution < -0.4 is 0 Å². The van der Waals surface area contributed by atoms with E-state index in [-0.39, 0.29) is 11.0 Å². The summed E-state index contributed by atoms with van der Waals surface area (Å²) in [5.74, 6) is -0.513. The van der Waals surface area contributed by atoms with Crippen molar-refractivity contribution in [2.75, 3.05) is 6.61 Å². The predicted molar refractivity (Wildman–Crippen MR) is 59.0 cm³/mol. The molecule has 15 heavy (non-hydrogen) atoms. The number of nitriles is 1. The van der Waals surface area contributed by atoms with Crippen LogP contribution in [0.1, 0.15) is 40.5 Å². The molecule has 0 fully saturated rings. The number of hydrogen-bond donors (Lipinski definition) is 0. The van der Waals surface area contributed by atoms with Crippen molar-refractivity contribution in [1.29, 1.82) is 5.26 Å². The molecule has 0 atom stereocenters. The maximum Gasteiger partial charge on any atom is 0.348 e. The first-order valence-electron chi connectivity index (χ1n) is 5.20. The minimum absolute atomic E-state index is 0.0959. The minimum atomic E-state index is -0.513. The second kappa shape index (κ2) is 6.23. The molecule has 0 N–H and O–H groups in total. The lowest BCUT2D eigenvalue weighted by Crippen LogP contribution is -2.11. The number of carbonyl (C=O) groups excluding carboxylic acids is 1. The number of unbranched alkanes of at least 4 members (excludes halogenated alkanes) is 1. The second-order valence-electron chi connectivity index (χ2n) is 4.53. The van der Waals surface area contributed by atoms with Gasteiger partial charge in [-0.2, -0.15) is 5.26 Å². The number of nitrogens with zero attached hydrogens (tertiary/aromatic N) is 1. The van der Waals surface area contributed by atoms with Crippen LogP contribution in [0.5, 0.6) is 0 Å². The van der Waals surface area contributed by atoms with Gasteiger partial charge in [-0.25, -0.2) is 4.79 Å². The molecule has 0 aliphatic carbocycles. The Morgan fingerprint density at radius 1 is 1.47 bits per heavy atom. The fourth-order valence-electron chi connectivity index (χ4n) is 0.957. The van der Waals surface area contributed by atoms with Crippen LogP contribution in [0, 0.1) is 16.7 Å². The standard InChI is InChI=1S/C12H19NO2/c1-5-6-7-15-11(14)10(9-13)8-12(2,3)4/h8H,5-7H2,1-4H3/b10-8+. The largest absolute Gasteiger partial charge is 0.462 e. The highest BCUT2D eigenvalue weighted by Crippen LogP contribution is 2.17. The first-order chi connectivity index (χ1) is 6.90. The minimum Gasteiger partial charge on any atom is -0.462 e. The molecule has 0 aromatic carbocycles. The lowest BCUT2D eigenvalue weighted by atomic mass is 9.94. The van der Waals surface area contributed by atoms with Gasteiger partial charge in [-0.1, -0.05) is 40.2 Å². The summed E-state index contributed by atoms with van der Waals surface area (Å²) in [6.45, 7) is 8.21. The van der Waals surface area contributed by atoms with E-state index >= 15 is 0 Å². The molecule has 0 rings (SSSR count). The van der Waals surface area contributed by atoms with E-state index in [0.29, 0.717) is 6.61 Å². The van der Waals surface area contributed by atoms with Gasteiger partial charge in [-0.05, 0) is 11.8 Å². The van der Waals surface area contributed by atoms with Crippen LogP contribution in [0.4, 0.5) is 0 Å². The van der Waals surface area contributed by atoms with E-state index in [1.165, 1.54) is 0 Å². The maximum absolute atomic E-state index is 11.4. The number of ether oxygens (including phenoxy) is 1. The maximum atomic E-state index is 11.4. The van der Waals surface area contributed by atoms with Crippen molar-refractivity contribution in [1.82, 2.24) is 0 Å². The summed E-state index contributed by atoms with van der Waals surface area (Å²) in [6.07, 6.45) is 3.44. The van der Waals surface area contributed by atoms with Crippen LogP contribution in [0.2, 0.25) is 0 Å². The first kappa shape index (κ1) is 13.7. The third kappa shape index (κ3) is 6.73. The molecular weight excluding hydrogens is 190 g/mol. The highest BCUT2D eigenvalue weighted by molar-refractivity contribution is 5.92. The Balaban J connectivity index is 4.38. The molecule has 0 aliphatic heterocycles. The normalized spacial score (nSPS) is 12.1. The zero-order chi connectivity index (χ0) is 11.9. The molecule has 0 spiro atoms. The summed E-state index contributed by atoms with van der Waals surface area (Å²) in [6, 6.07) is 1.87. The lowest BCUT2D eigenvalue weighted by Gasteiger charge is -2.12. The number of esters is 1. The molecule has 3 nitrogen and oxygen atoms in total. The molecule has 0 aromatic heterocycles. The Bertz CT molecular complexity index is 279. The van der Waals surface area contributed by atoms with Crippen LogP contribution in [0.15, 0.2) is 11.6 Å². The topological polar surface area (TPSA) is 50.1 Å². The molecule has 0 heterocycles. The molecule has 0 radical (unpaired) electrons. The molecule has 84 valence electrons. The van der Waals surface area contributed by atoms with Crippen molar-refractivity contribution in [2.45, 2.75) is 40.5 Å². The van der Waals surface area contributed by atoms with Gasteiger partial charge in [0, 0.05) is 0 Å². The third-order valence-electron chi connectivity index (χ3n) is 1.65. The zero-order valence-electron chi connectivity index (χ0n) is 9.96. The van der Waals surface area contributed by atoms with E-state index in [1.807, 2.05) is 33.8 Å².